The average Bonchev–Trinajstić information content (AvgIpc) is 3.03. The topological polar surface area (TPSA) is 58.6 Å². The SMILES string of the molecule is COCCNC(=O)C1CSCN1C(=O)c1ccc(C(C)(C)C)cc1. The molecule has 1 fully saturated rings. The Morgan fingerprint density at radius 1 is 1.29 bits per heavy atom. The zero-order valence-electron chi connectivity index (χ0n) is 14.8. The third-order valence-corrected chi connectivity index (χ3v) is 5.06. The smallest absolute Gasteiger partial charge is 0.255 e. The molecule has 1 aromatic rings. The highest BCUT2D eigenvalue weighted by atomic mass is 32.2. The minimum atomic E-state index is -0.415. The van der Waals surface area contributed by atoms with Crippen LogP contribution in [0.4, 0.5) is 0 Å². The van der Waals surface area contributed by atoms with E-state index in [-0.39, 0.29) is 17.2 Å². The van der Waals surface area contributed by atoms with Gasteiger partial charge in [0.2, 0.25) is 5.91 Å². The number of nitrogens with one attached hydrogen (secondary N) is 1. The average molecular weight is 350 g/mol. The van der Waals surface area contributed by atoms with Crippen LogP contribution in [0.3, 0.4) is 0 Å². The van der Waals surface area contributed by atoms with Gasteiger partial charge in [0.15, 0.2) is 0 Å². The number of benzene rings is 1. The van der Waals surface area contributed by atoms with Gasteiger partial charge in [0.05, 0.1) is 12.5 Å². The molecule has 0 spiro atoms. The number of carbonyl (C=O) groups is 2. The molecule has 0 radical (unpaired) electrons. The molecule has 24 heavy (non-hydrogen) atoms. The zero-order chi connectivity index (χ0) is 17.7. The quantitative estimate of drug-likeness (QED) is 0.828. The lowest BCUT2D eigenvalue weighted by molar-refractivity contribution is -0.124. The standard InChI is InChI=1S/C18H26N2O3S/c1-18(2,3)14-7-5-13(6-8-14)17(22)20-12-24-11-15(20)16(21)19-9-10-23-4/h5-8,15H,9-12H2,1-4H3,(H,19,21). The molecular formula is C18H26N2O3S. The van der Waals surface area contributed by atoms with Gasteiger partial charge in [0, 0.05) is 25.0 Å². The van der Waals surface area contributed by atoms with Crippen LogP contribution in [0.5, 0.6) is 0 Å². The maximum Gasteiger partial charge on any atom is 0.255 e. The lowest BCUT2D eigenvalue weighted by Crippen LogP contribution is -2.47. The van der Waals surface area contributed by atoms with Gasteiger partial charge in [0.25, 0.3) is 5.91 Å². The maximum absolute atomic E-state index is 12.8. The summed E-state index contributed by atoms with van der Waals surface area (Å²) in [5.41, 5.74) is 1.86. The van der Waals surface area contributed by atoms with E-state index in [0.717, 1.165) is 0 Å². The van der Waals surface area contributed by atoms with Gasteiger partial charge in [-0.15, -0.1) is 11.8 Å². The van der Waals surface area contributed by atoms with E-state index in [1.54, 1.807) is 23.8 Å². The molecule has 0 bridgehead atoms. The van der Waals surface area contributed by atoms with Crippen LogP contribution in [0.25, 0.3) is 0 Å². The molecule has 1 saturated heterocycles. The second-order valence-electron chi connectivity index (χ2n) is 6.90. The molecule has 5 nitrogen and oxygen atoms in total. The van der Waals surface area contributed by atoms with Gasteiger partial charge in [-0.05, 0) is 23.1 Å². The molecule has 1 N–H and O–H groups in total. The van der Waals surface area contributed by atoms with E-state index in [0.29, 0.717) is 30.3 Å². The van der Waals surface area contributed by atoms with Crippen molar-refractivity contribution < 1.29 is 14.3 Å². The first-order valence-electron chi connectivity index (χ1n) is 8.10. The molecular weight excluding hydrogens is 324 g/mol. The Balaban J connectivity index is 2.06. The summed E-state index contributed by atoms with van der Waals surface area (Å²) in [6.45, 7) is 7.34. The van der Waals surface area contributed by atoms with Crippen LogP contribution in [0.2, 0.25) is 0 Å². The molecule has 0 aromatic heterocycles. The van der Waals surface area contributed by atoms with Crippen LogP contribution in [-0.2, 0) is 14.9 Å². The summed E-state index contributed by atoms with van der Waals surface area (Å²) in [5, 5.41) is 2.82. The van der Waals surface area contributed by atoms with Gasteiger partial charge in [-0.2, -0.15) is 0 Å². The highest BCUT2D eigenvalue weighted by Crippen LogP contribution is 2.25. The summed E-state index contributed by atoms with van der Waals surface area (Å²) >= 11 is 1.60. The summed E-state index contributed by atoms with van der Waals surface area (Å²) in [5.74, 6) is 0.969. The Labute approximate surface area is 148 Å². The largest absolute Gasteiger partial charge is 0.383 e. The number of rotatable bonds is 5. The van der Waals surface area contributed by atoms with Gasteiger partial charge in [-0.25, -0.2) is 0 Å². The number of methoxy groups -OCH3 is 1. The molecule has 2 rings (SSSR count). The highest BCUT2D eigenvalue weighted by Gasteiger charge is 2.35. The van der Waals surface area contributed by atoms with Crippen LogP contribution < -0.4 is 5.32 Å². The van der Waals surface area contributed by atoms with Crippen molar-refractivity contribution in [3.8, 4) is 0 Å². The molecule has 1 aromatic carbocycles. The summed E-state index contributed by atoms with van der Waals surface area (Å²) < 4.78 is 4.94. The molecule has 0 saturated carbocycles. The van der Waals surface area contributed by atoms with E-state index in [1.807, 2.05) is 24.3 Å². The first-order valence-corrected chi connectivity index (χ1v) is 9.26. The predicted molar refractivity (Wildman–Crippen MR) is 97.3 cm³/mol. The second-order valence-corrected chi connectivity index (χ2v) is 7.90. The Hall–Kier alpha value is -1.53. The second kappa shape index (κ2) is 8.03. The van der Waals surface area contributed by atoms with Gasteiger partial charge in [-0.3, -0.25) is 9.59 Å². The van der Waals surface area contributed by atoms with Crippen LogP contribution in [0, 0.1) is 0 Å². The summed E-state index contributed by atoms with van der Waals surface area (Å²) in [4.78, 5) is 26.7. The van der Waals surface area contributed by atoms with E-state index in [1.165, 1.54) is 5.56 Å². The summed E-state index contributed by atoms with van der Waals surface area (Å²) in [6, 6.07) is 7.27. The molecule has 6 heteroatoms. The van der Waals surface area contributed by atoms with E-state index in [9.17, 15) is 9.59 Å². The Bertz CT molecular complexity index is 581. The van der Waals surface area contributed by atoms with Crippen LogP contribution in [0.1, 0.15) is 36.7 Å². The number of amides is 2. The predicted octanol–water partition coefficient (Wildman–Crippen LogP) is 2.26. The molecule has 1 atom stereocenters. The van der Waals surface area contributed by atoms with Crippen molar-refractivity contribution in [3.05, 3.63) is 35.4 Å². The van der Waals surface area contributed by atoms with Gasteiger partial charge < -0.3 is 15.0 Å². The van der Waals surface area contributed by atoms with Crippen molar-refractivity contribution in [1.29, 1.82) is 0 Å². The van der Waals surface area contributed by atoms with Crippen molar-refractivity contribution in [1.82, 2.24) is 10.2 Å². The number of carbonyl (C=O) groups excluding carboxylic acids is 2. The van der Waals surface area contributed by atoms with E-state index in [2.05, 4.69) is 26.1 Å². The molecule has 1 heterocycles. The first kappa shape index (κ1) is 18.8. The summed E-state index contributed by atoms with van der Waals surface area (Å²) in [6.07, 6.45) is 0. The Kier molecular flexibility index (Phi) is 6.29. The lowest BCUT2D eigenvalue weighted by Gasteiger charge is -2.24. The zero-order valence-corrected chi connectivity index (χ0v) is 15.6. The fourth-order valence-corrected chi connectivity index (χ4v) is 3.69. The normalized spacial score (nSPS) is 17.8. The third-order valence-electron chi connectivity index (χ3n) is 4.05. The van der Waals surface area contributed by atoms with Crippen LogP contribution >= 0.6 is 11.8 Å². The van der Waals surface area contributed by atoms with Crippen molar-refractivity contribution in [2.75, 3.05) is 31.9 Å². The monoisotopic (exact) mass is 350 g/mol. The maximum atomic E-state index is 12.8. The molecule has 132 valence electrons. The number of hydrogen-bond acceptors (Lipinski definition) is 4. The number of ether oxygens (including phenoxy) is 1. The van der Waals surface area contributed by atoms with Gasteiger partial charge >= 0.3 is 0 Å². The van der Waals surface area contributed by atoms with Crippen molar-refractivity contribution in [2.45, 2.75) is 32.2 Å². The van der Waals surface area contributed by atoms with E-state index < -0.39 is 6.04 Å². The lowest BCUT2D eigenvalue weighted by atomic mass is 9.86. The molecule has 2 amide bonds. The van der Waals surface area contributed by atoms with Gasteiger partial charge in [-0.1, -0.05) is 32.9 Å². The van der Waals surface area contributed by atoms with Crippen molar-refractivity contribution in [2.24, 2.45) is 0 Å². The molecule has 1 aliphatic rings. The minimum absolute atomic E-state index is 0.0504. The summed E-state index contributed by atoms with van der Waals surface area (Å²) in [7, 11) is 1.59. The first-order chi connectivity index (χ1) is 11.3. The van der Waals surface area contributed by atoms with Crippen LogP contribution in [0.15, 0.2) is 24.3 Å². The fourth-order valence-electron chi connectivity index (χ4n) is 2.53. The fraction of sp³-hybridized carbons (Fsp3) is 0.556. The Morgan fingerprint density at radius 3 is 2.54 bits per heavy atom. The number of thioether (sulfide) groups is 1. The van der Waals surface area contributed by atoms with Crippen LogP contribution in [-0.4, -0.2) is 54.6 Å². The highest BCUT2D eigenvalue weighted by molar-refractivity contribution is 7.99. The van der Waals surface area contributed by atoms with Crippen molar-refractivity contribution >= 4 is 23.6 Å². The van der Waals surface area contributed by atoms with Crippen molar-refractivity contribution in [3.63, 3.8) is 0 Å². The molecule has 1 aliphatic heterocycles. The molecule has 1 unspecified atom stereocenters. The minimum Gasteiger partial charge on any atom is -0.383 e. The Morgan fingerprint density at radius 2 is 1.96 bits per heavy atom. The number of hydrogen-bond donors (Lipinski definition) is 1. The third kappa shape index (κ3) is 4.51. The van der Waals surface area contributed by atoms with E-state index >= 15 is 0 Å². The van der Waals surface area contributed by atoms with Gasteiger partial charge in [0.1, 0.15) is 6.04 Å². The van der Waals surface area contributed by atoms with E-state index in [4.69, 9.17) is 4.74 Å². The number of nitrogens with zero attached hydrogens (tertiary/aromatic N) is 1. The molecule has 0 aliphatic carbocycles.